The molecule has 3 aliphatic rings. The normalized spacial score (nSPS) is 20.9. The Labute approximate surface area is 218 Å². The zero-order valence-electron chi connectivity index (χ0n) is 20.2. The van der Waals surface area contributed by atoms with Crippen LogP contribution < -0.4 is 16.0 Å². The number of methoxy groups -OCH3 is 1. The zero-order chi connectivity index (χ0) is 26.2. The van der Waals surface area contributed by atoms with Gasteiger partial charge in [0.1, 0.15) is 6.04 Å². The molecule has 2 aromatic rings. The fourth-order valence-corrected chi connectivity index (χ4v) is 5.06. The van der Waals surface area contributed by atoms with Gasteiger partial charge in [-0.2, -0.15) is 0 Å². The Morgan fingerprint density at radius 3 is 2.68 bits per heavy atom. The van der Waals surface area contributed by atoms with E-state index in [9.17, 15) is 19.2 Å². The number of benzene rings is 2. The number of halogens is 1. The van der Waals surface area contributed by atoms with Crippen LogP contribution in [0.1, 0.15) is 41.6 Å². The standard InChI is InChI=1S/C26H27ClN4O6/c1-36-24(34)28-18-7-4-16(5-8-18)22(32)29-21(12-15-2-3-15)23(33)31-11-10-26(14-31)19-13-17(27)6-9-20(19)30-25(35)37-26/h4-9,13,15,21H,2-3,10-12,14H2,1H3,(H,28,34)(H,29,32)(H,30,35). The van der Waals surface area contributed by atoms with Crippen LogP contribution in [-0.4, -0.2) is 55.1 Å². The van der Waals surface area contributed by atoms with Crippen LogP contribution in [0.15, 0.2) is 42.5 Å². The summed E-state index contributed by atoms with van der Waals surface area (Å²) in [6.07, 6.45) is 1.83. The summed E-state index contributed by atoms with van der Waals surface area (Å²) in [6.45, 7) is 0.556. The molecule has 2 aliphatic heterocycles. The predicted molar refractivity (Wildman–Crippen MR) is 135 cm³/mol. The van der Waals surface area contributed by atoms with Crippen molar-refractivity contribution in [1.82, 2.24) is 10.2 Å². The molecule has 10 nitrogen and oxygen atoms in total. The summed E-state index contributed by atoms with van der Waals surface area (Å²) in [5, 5.41) is 8.63. The Balaban J connectivity index is 1.30. The molecule has 2 atom stereocenters. The van der Waals surface area contributed by atoms with Gasteiger partial charge in [-0.05, 0) is 54.8 Å². The molecule has 11 heteroatoms. The summed E-state index contributed by atoms with van der Waals surface area (Å²) in [6, 6.07) is 10.8. The van der Waals surface area contributed by atoms with E-state index in [1.165, 1.54) is 7.11 Å². The highest BCUT2D eigenvalue weighted by molar-refractivity contribution is 6.30. The lowest BCUT2D eigenvalue weighted by molar-refractivity contribution is -0.133. The number of anilines is 2. The maximum atomic E-state index is 13.6. The topological polar surface area (TPSA) is 126 Å². The van der Waals surface area contributed by atoms with Crippen LogP contribution in [0.5, 0.6) is 0 Å². The van der Waals surface area contributed by atoms with E-state index in [4.69, 9.17) is 16.3 Å². The van der Waals surface area contributed by atoms with Gasteiger partial charge >= 0.3 is 12.2 Å². The molecule has 2 heterocycles. The molecule has 3 N–H and O–H groups in total. The number of likely N-dealkylation sites (tertiary alicyclic amines) is 1. The molecular formula is C26H27ClN4O6. The van der Waals surface area contributed by atoms with E-state index >= 15 is 0 Å². The Morgan fingerprint density at radius 2 is 1.97 bits per heavy atom. The van der Waals surface area contributed by atoms with Crippen molar-refractivity contribution in [2.24, 2.45) is 5.92 Å². The SMILES string of the molecule is COC(=O)Nc1ccc(C(=O)NC(CC2CC2)C(=O)N2CCC3(C2)OC(=O)Nc2ccc(Cl)cc23)cc1. The number of amides is 4. The largest absolute Gasteiger partial charge is 0.453 e. The number of hydrogen-bond acceptors (Lipinski definition) is 6. The monoisotopic (exact) mass is 526 g/mol. The maximum Gasteiger partial charge on any atom is 0.412 e. The molecule has 2 unspecified atom stereocenters. The average Bonchev–Trinajstić information content (AvgIpc) is 3.61. The van der Waals surface area contributed by atoms with E-state index in [-0.39, 0.29) is 18.4 Å². The van der Waals surface area contributed by atoms with Gasteiger partial charge in [-0.25, -0.2) is 9.59 Å². The van der Waals surface area contributed by atoms with Crippen molar-refractivity contribution in [1.29, 1.82) is 0 Å². The fourth-order valence-electron chi connectivity index (χ4n) is 4.89. The van der Waals surface area contributed by atoms with Gasteiger partial charge in [-0.15, -0.1) is 0 Å². The first-order valence-electron chi connectivity index (χ1n) is 12.1. The van der Waals surface area contributed by atoms with Crippen LogP contribution in [0, 0.1) is 5.92 Å². The molecule has 1 aliphatic carbocycles. The highest BCUT2D eigenvalue weighted by Gasteiger charge is 2.49. The molecule has 37 heavy (non-hydrogen) atoms. The number of rotatable bonds is 6. The fraction of sp³-hybridized carbons (Fsp3) is 0.385. The molecule has 2 fully saturated rings. The second-order valence-corrected chi connectivity index (χ2v) is 10.0. The van der Waals surface area contributed by atoms with Crippen LogP contribution in [0.3, 0.4) is 0 Å². The molecule has 1 saturated heterocycles. The average molecular weight is 527 g/mol. The molecule has 5 rings (SSSR count). The van der Waals surface area contributed by atoms with Crippen LogP contribution in [0.25, 0.3) is 0 Å². The number of ether oxygens (including phenoxy) is 2. The van der Waals surface area contributed by atoms with E-state index < -0.39 is 23.8 Å². The molecule has 0 radical (unpaired) electrons. The lowest BCUT2D eigenvalue weighted by Crippen LogP contribution is -2.50. The summed E-state index contributed by atoms with van der Waals surface area (Å²) in [4.78, 5) is 52.0. The summed E-state index contributed by atoms with van der Waals surface area (Å²) < 4.78 is 10.3. The molecule has 0 bridgehead atoms. The van der Waals surface area contributed by atoms with Gasteiger partial charge in [0, 0.05) is 34.8 Å². The highest BCUT2D eigenvalue weighted by atomic mass is 35.5. The van der Waals surface area contributed by atoms with Crippen LogP contribution in [0.4, 0.5) is 21.0 Å². The van der Waals surface area contributed by atoms with Crippen LogP contribution in [-0.2, 0) is 19.9 Å². The number of fused-ring (bicyclic) bond motifs is 2. The van der Waals surface area contributed by atoms with Crippen molar-refractivity contribution in [3.8, 4) is 0 Å². The minimum absolute atomic E-state index is 0.178. The lowest BCUT2D eigenvalue weighted by atomic mass is 9.90. The maximum absolute atomic E-state index is 13.6. The smallest absolute Gasteiger partial charge is 0.412 e. The molecule has 2 aromatic carbocycles. The first-order valence-corrected chi connectivity index (χ1v) is 12.5. The van der Waals surface area contributed by atoms with Crippen molar-refractivity contribution >= 4 is 47.0 Å². The number of nitrogens with zero attached hydrogens (tertiary/aromatic N) is 1. The minimum Gasteiger partial charge on any atom is -0.453 e. The van der Waals surface area contributed by atoms with Gasteiger partial charge in [0.05, 0.1) is 19.3 Å². The second-order valence-electron chi connectivity index (χ2n) is 9.61. The molecule has 0 aromatic heterocycles. The lowest BCUT2D eigenvalue weighted by Gasteiger charge is -2.35. The number of nitrogens with one attached hydrogen (secondary N) is 3. The third-order valence-electron chi connectivity index (χ3n) is 6.99. The summed E-state index contributed by atoms with van der Waals surface area (Å²) in [5.41, 5.74) is 1.20. The minimum atomic E-state index is -0.991. The van der Waals surface area contributed by atoms with Crippen molar-refractivity contribution in [2.45, 2.75) is 37.3 Å². The zero-order valence-corrected chi connectivity index (χ0v) is 21.0. The Morgan fingerprint density at radius 1 is 1.22 bits per heavy atom. The summed E-state index contributed by atoms with van der Waals surface area (Å²) in [7, 11) is 1.26. The highest BCUT2D eigenvalue weighted by Crippen LogP contribution is 2.44. The molecule has 1 saturated carbocycles. The van der Waals surface area contributed by atoms with E-state index in [1.807, 2.05) is 0 Å². The molecule has 4 amide bonds. The van der Waals surface area contributed by atoms with Crippen molar-refractivity contribution in [2.75, 3.05) is 30.8 Å². The van der Waals surface area contributed by atoms with E-state index in [2.05, 4.69) is 20.7 Å². The Bertz CT molecular complexity index is 1250. The van der Waals surface area contributed by atoms with E-state index in [1.54, 1.807) is 47.4 Å². The van der Waals surface area contributed by atoms with Crippen molar-refractivity contribution < 1.29 is 28.7 Å². The van der Waals surface area contributed by atoms with Gasteiger partial charge in [-0.1, -0.05) is 24.4 Å². The quantitative estimate of drug-likeness (QED) is 0.520. The molecule has 194 valence electrons. The van der Waals surface area contributed by atoms with Crippen molar-refractivity contribution in [3.63, 3.8) is 0 Å². The van der Waals surface area contributed by atoms with E-state index in [0.717, 1.165) is 18.4 Å². The first-order chi connectivity index (χ1) is 17.8. The van der Waals surface area contributed by atoms with Crippen LogP contribution >= 0.6 is 11.6 Å². The Kier molecular flexibility index (Phi) is 6.68. The van der Waals surface area contributed by atoms with Gasteiger partial charge < -0.3 is 19.7 Å². The number of hydrogen-bond donors (Lipinski definition) is 3. The molecule has 1 spiro atoms. The van der Waals surface area contributed by atoms with E-state index in [0.29, 0.717) is 47.3 Å². The predicted octanol–water partition coefficient (Wildman–Crippen LogP) is 4.11. The molecular weight excluding hydrogens is 500 g/mol. The third kappa shape index (κ3) is 5.34. The van der Waals surface area contributed by atoms with Gasteiger partial charge in [-0.3, -0.25) is 20.2 Å². The number of carbonyl (C=O) groups is 4. The van der Waals surface area contributed by atoms with Gasteiger partial charge in [0.2, 0.25) is 5.91 Å². The summed E-state index contributed by atoms with van der Waals surface area (Å²) in [5.74, 6) is -0.212. The van der Waals surface area contributed by atoms with Gasteiger partial charge in [0.15, 0.2) is 5.60 Å². The van der Waals surface area contributed by atoms with Crippen molar-refractivity contribution in [3.05, 3.63) is 58.6 Å². The van der Waals surface area contributed by atoms with Gasteiger partial charge in [0.25, 0.3) is 5.91 Å². The Hall–Kier alpha value is -3.79. The third-order valence-corrected chi connectivity index (χ3v) is 7.22. The number of carbonyl (C=O) groups excluding carboxylic acids is 4. The van der Waals surface area contributed by atoms with Crippen LogP contribution in [0.2, 0.25) is 5.02 Å². The summed E-state index contributed by atoms with van der Waals surface area (Å²) >= 11 is 6.22. The first kappa shape index (κ1) is 24.9. The second kappa shape index (κ2) is 9.93.